The lowest BCUT2D eigenvalue weighted by atomic mass is 10.1. The Labute approximate surface area is 119 Å². The monoisotopic (exact) mass is 299 g/mol. The number of nitrogens with one attached hydrogen (secondary N) is 1. The first-order valence-corrected chi connectivity index (χ1v) is 6.21. The van der Waals surface area contributed by atoms with Crippen LogP contribution in [0.15, 0.2) is 48.5 Å². The summed E-state index contributed by atoms with van der Waals surface area (Å²) in [5, 5.41) is 12.8. The molecule has 0 fully saturated rings. The third-order valence-corrected chi connectivity index (χ3v) is 2.97. The van der Waals surface area contributed by atoms with E-state index >= 15 is 0 Å². The van der Waals surface area contributed by atoms with Crippen LogP contribution in [-0.4, -0.2) is 11.7 Å². The van der Waals surface area contributed by atoms with Gasteiger partial charge < -0.3 is 10.4 Å². The summed E-state index contributed by atoms with van der Waals surface area (Å²) in [6, 6.07) is 9.88. The molecule has 0 heterocycles. The van der Waals surface area contributed by atoms with E-state index in [-0.39, 0.29) is 12.4 Å². The molecule has 2 rings (SSSR count). The molecule has 0 spiro atoms. The molecule has 0 bridgehead atoms. The summed E-state index contributed by atoms with van der Waals surface area (Å²) in [4.78, 5) is 0. The zero-order valence-corrected chi connectivity index (χ0v) is 10.9. The number of alkyl halides is 3. The Hall–Kier alpha value is -2.08. The Morgan fingerprint density at radius 1 is 0.952 bits per heavy atom. The smallest absolute Gasteiger partial charge is 0.387 e. The first-order valence-electron chi connectivity index (χ1n) is 6.21. The van der Waals surface area contributed by atoms with Crippen molar-refractivity contribution in [2.45, 2.75) is 12.3 Å². The highest BCUT2D eigenvalue weighted by atomic mass is 19.4. The minimum atomic E-state index is -4.39. The molecule has 0 aliphatic heterocycles. The van der Waals surface area contributed by atoms with Crippen molar-refractivity contribution in [2.75, 3.05) is 11.9 Å². The van der Waals surface area contributed by atoms with Gasteiger partial charge in [0.25, 0.3) is 0 Å². The second-order valence-electron chi connectivity index (χ2n) is 4.52. The Bertz CT molecular complexity index is 578. The van der Waals surface area contributed by atoms with Crippen LogP contribution in [0.4, 0.5) is 23.2 Å². The van der Waals surface area contributed by atoms with E-state index in [1.54, 1.807) is 0 Å². The highest BCUT2D eigenvalue weighted by Gasteiger charge is 2.30. The zero-order chi connectivity index (χ0) is 15.5. The molecular weight excluding hydrogens is 286 g/mol. The van der Waals surface area contributed by atoms with Gasteiger partial charge in [-0.3, -0.25) is 0 Å². The van der Waals surface area contributed by atoms with Crippen LogP contribution in [0.2, 0.25) is 0 Å². The van der Waals surface area contributed by atoms with Gasteiger partial charge in [-0.25, -0.2) is 4.39 Å². The Morgan fingerprint density at radius 3 is 2.05 bits per heavy atom. The van der Waals surface area contributed by atoms with Gasteiger partial charge in [-0.15, -0.1) is 0 Å². The highest BCUT2D eigenvalue weighted by Crippen LogP contribution is 2.29. The van der Waals surface area contributed by atoms with Crippen molar-refractivity contribution in [1.82, 2.24) is 0 Å². The lowest BCUT2D eigenvalue weighted by Gasteiger charge is -2.14. The Morgan fingerprint density at radius 2 is 1.52 bits per heavy atom. The summed E-state index contributed by atoms with van der Waals surface area (Å²) in [5.74, 6) is -0.371. The molecular formula is C15H13F4NO. The van der Waals surface area contributed by atoms with Crippen molar-refractivity contribution in [3.63, 3.8) is 0 Å². The molecule has 1 atom stereocenters. The largest absolute Gasteiger partial charge is 0.416 e. The standard InChI is InChI=1S/C15H13F4NO/c16-12-5-7-13(8-6-12)20-9-14(21)10-1-3-11(4-2-10)15(17,18)19/h1-8,14,20-21H,9H2. The first-order chi connectivity index (χ1) is 9.86. The van der Waals surface area contributed by atoms with Crippen molar-refractivity contribution in [2.24, 2.45) is 0 Å². The van der Waals surface area contributed by atoms with E-state index in [1.807, 2.05) is 0 Å². The molecule has 2 aromatic rings. The Balaban J connectivity index is 1.97. The van der Waals surface area contributed by atoms with Crippen LogP contribution in [-0.2, 0) is 6.18 Å². The van der Waals surface area contributed by atoms with E-state index in [0.29, 0.717) is 11.3 Å². The molecule has 0 amide bonds. The van der Waals surface area contributed by atoms with Crippen molar-refractivity contribution >= 4 is 5.69 Å². The number of benzene rings is 2. The number of aliphatic hydroxyl groups excluding tert-OH is 1. The fourth-order valence-electron chi connectivity index (χ4n) is 1.79. The number of rotatable bonds is 4. The molecule has 1 unspecified atom stereocenters. The van der Waals surface area contributed by atoms with Gasteiger partial charge in [-0.1, -0.05) is 12.1 Å². The normalized spacial score (nSPS) is 13.0. The molecule has 21 heavy (non-hydrogen) atoms. The lowest BCUT2D eigenvalue weighted by Crippen LogP contribution is -2.12. The predicted octanol–water partition coefficient (Wildman–Crippen LogP) is 3.99. The van der Waals surface area contributed by atoms with Gasteiger partial charge in [0.2, 0.25) is 0 Å². The summed E-state index contributed by atoms with van der Waals surface area (Å²) in [5.41, 5.74) is 0.227. The van der Waals surface area contributed by atoms with Crippen LogP contribution in [0.1, 0.15) is 17.2 Å². The molecule has 2 nitrogen and oxygen atoms in total. The fraction of sp³-hybridized carbons (Fsp3) is 0.200. The summed E-state index contributed by atoms with van der Waals surface area (Å²) in [6.07, 6.45) is -5.35. The van der Waals surface area contributed by atoms with Gasteiger partial charge in [0.1, 0.15) is 5.82 Å². The average molecular weight is 299 g/mol. The third kappa shape index (κ3) is 4.19. The summed E-state index contributed by atoms with van der Waals surface area (Å²) < 4.78 is 50.0. The van der Waals surface area contributed by atoms with Crippen LogP contribution in [0.25, 0.3) is 0 Å². The molecule has 6 heteroatoms. The minimum Gasteiger partial charge on any atom is -0.387 e. The maximum Gasteiger partial charge on any atom is 0.416 e. The average Bonchev–Trinajstić information content (AvgIpc) is 2.45. The SMILES string of the molecule is OC(CNc1ccc(F)cc1)c1ccc(C(F)(F)F)cc1. The van der Waals surface area contributed by atoms with Crippen LogP contribution >= 0.6 is 0 Å². The molecule has 0 aliphatic rings. The zero-order valence-electron chi connectivity index (χ0n) is 10.9. The third-order valence-electron chi connectivity index (χ3n) is 2.97. The summed E-state index contributed by atoms with van der Waals surface area (Å²) in [7, 11) is 0. The minimum absolute atomic E-state index is 0.108. The summed E-state index contributed by atoms with van der Waals surface area (Å²) >= 11 is 0. The molecule has 0 aromatic heterocycles. The molecule has 0 radical (unpaired) electrons. The van der Waals surface area contributed by atoms with E-state index < -0.39 is 17.8 Å². The van der Waals surface area contributed by atoms with Gasteiger partial charge in [0, 0.05) is 12.2 Å². The van der Waals surface area contributed by atoms with Crippen LogP contribution in [0.5, 0.6) is 0 Å². The summed E-state index contributed by atoms with van der Waals surface area (Å²) in [6.45, 7) is 0.108. The van der Waals surface area contributed by atoms with E-state index in [1.165, 1.54) is 36.4 Å². The van der Waals surface area contributed by atoms with E-state index in [0.717, 1.165) is 12.1 Å². The molecule has 0 saturated heterocycles. The highest BCUT2D eigenvalue weighted by molar-refractivity contribution is 5.43. The van der Waals surface area contributed by atoms with Gasteiger partial charge in [-0.05, 0) is 42.0 Å². The van der Waals surface area contributed by atoms with E-state index in [2.05, 4.69) is 5.32 Å². The molecule has 2 N–H and O–H groups in total. The first kappa shape index (κ1) is 15.3. The molecule has 0 saturated carbocycles. The molecule has 112 valence electrons. The topological polar surface area (TPSA) is 32.3 Å². The quantitative estimate of drug-likeness (QED) is 0.837. The van der Waals surface area contributed by atoms with Crippen LogP contribution in [0.3, 0.4) is 0 Å². The van der Waals surface area contributed by atoms with Crippen molar-refractivity contribution in [3.8, 4) is 0 Å². The Kier molecular flexibility index (Phi) is 4.47. The van der Waals surface area contributed by atoms with E-state index in [4.69, 9.17) is 0 Å². The molecule has 0 aliphatic carbocycles. The van der Waals surface area contributed by atoms with Crippen LogP contribution in [0, 0.1) is 5.82 Å². The fourth-order valence-corrected chi connectivity index (χ4v) is 1.79. The number of hydrogen-bond donors (Lipinski definition) is 2. The van der Waals surface area contributed by atoms with Crippen molar-refractivity contribution in [3.05, 3.63) is 65.5 Å². The van der Waals surface area contributed by atoms with Crippen LogP contribution < -0.4 is 5.32 Å². The second-order valence-corrected chi connectivity index (χ2v) is 4.52. The second kappa shape index (κ2) is 6.13. The lowest BCUT2D eigenvalue weighted by molar-refractivity contribution is -0.137. The van der Waals surface area contributed by atoms with E-state index in [9.17, 15) is 22.7 Å². The number of halogens is 4. The number of aliphatic hydroxyl groups is 1. The number of anilines is 1. The van der Waals surface area contributed by atoms with Gasteiger partial charge in [-0.2, -0.15) is 13.2 Å². The van der Waals surface area contributed by atoms with Crippen molar-refractivity contribution < 1.29 is 22.7 Å². The van der Waals surface area contributed by atoms with Gasteiger partial charge in [0.15, 0.2) is 0 Å². The van der Waals surface area contributed by atoms with Gasteiger partial charge >= 0.3 is 6.18 Å². The maximum absolute atomic E-state index is 12.7. The maximum atomic E-state index is 12.7. The molecule has 2 aromatic carbocycles. The van der Waals surface area contributed by atoms with Crippen molar-refractivity contribution in [1.29, 1.82) is 0 Å². The predicted molar refractivity (Wildman–Crippen MR) is 71.3 cm³/mol. The van der Waals surface area contributed by atoms with Gasteiger partial charge in [0.05, 0.1) is 11.7 Å². The number of hydrogen-bond acceptors (Lipinski definition) is 2.